The molecule has 14 heavy (non-hydrogen) atoms. The molecule has 1 aromatic rings. The molecule has 0 aliphatic carbocycles. The van der Waals surface area contributed by atoms with Crippen LogP contribution in [0.2, 0.25) is 0 Å². The van der Waals surface area contributed by atoms with E-state index in [1.807, 2.05) is 0 Å². The van der Waals surface area contributed by atoms with Crippen LogP contribution in [0.5, 0.6) is 0 Å². The van der Waals surface area contributed by atoms with Gasteiger partial charge in [-0.15, -0.1) is 0 Å². The van der Waals surface area contributed by atoms with Crippen LogP contribution in [-0.2, 0) is 4.74 Å². The fourth-order valence-corrected chi connectivity index (χ4v) is 2.48. The second kappa shape index (κ2) is 4.80. The van der Waals surface area contributed by atoms with E-state index < -0.39 is 0 Å². The summed E-state index contributed by atoms with van der Waals surface area (Å²) in [7, 11) is 0. The quantitative estimate of drug-likeness (QED) is 0.829. The molecule has 2 atom stereocenters. The molecule has 1 N–H and O–H groups in total. The molecule has 2 nitrogen and oxygen atoms in total. The van der Waals surface area contributed by atoms with Gasteiger partial charge in [-0.25, -0.2) is 0 Å². The van der Waals surface area contributed by atoms with Gasteiger partial charge in [0.15, 0.2) is 0 Å². The molecule has 1 aliphatic rings. The summed E-state index contributed by atoms with van der Waals surface area (Å²) in [5, 5.41) is 7.83. The molecule has 2 rings (SSSR count). The zero-order valence-corrected chi connectivity index (χ0v) is 9.35. The Hall–Kier alpha value is -0.540. The van der Waals surface area contributed by atoms with E-state index >= 15 is 0 Å². The predicted octanol–water partition coefficient (Wildman–Crippen LogP) is 3.12. The lowest BCUT2D eigenvalue weighted by Crippen LogP contribution is -2.33. The Kier molecular flexibility index (Phi) is 3.43. The van der Waals surface area contributed by atoms with E-state index in [-0.39, 0.29) is 0 Å². The van der Waals surface area contributed by atoms with Crippen LogP contribution in [0.1, 0.15) is 26.2 Å². The number of thiophene rings is 1. The number of rotatable bonds is 3. The maximum Gasteiger partial charge on any atom is 0.0592 e. The highest BCUT2D eigenvalue weighted by atomic mass is 32.1. The molecule has 3 heteroatoms. The normalized spacial score (nSPS) is 27.5. The first-order valence-electron chi connectivity index (χ1n) is 5.29. The maximum absolute atomic E-state index is 5.64. The van der Waals surface area contributed by atoms with Gasteiger partial charge in [-0.2, -0.15) is 11.3 Å². The summed E-state index contributed by atoms with van der Waals surface area (Å²) in [6.07, 6.45) is 3.86. The number of hydrogen-bond donors (Lipinski definition) is 1. The van der Waals surface area contributed by atoms with Gasteiger partial charge in [-0.3, -0.25) is 0 Å². The van der Waals surface area contributed by atoms with Crippen LogP contribution in [0, 0.1) is 0 Å². The zero-order chi connectivity index (χ0) is 9.80. The Labute approximate surface area is 89.3 Å². The molecule has 1 aromatic heterocycles. The van der Waals surface area contributed by atoms with E-state index in [2.05, 4.69) is 29.1 Å². The van der Waals surface area contributed by atoms with Gasteiger partial charge >= 0.3 is 0 Å². The number of hydrogen-bond acceptors (Lipinski definition) is 3. The highest BCUT2D eigenvalue weighted by Crippen LogP contribution is 2.21. The predicted molar refractivity (Wildman–Crippen MR) is 61.0 cm³/mol. The summed E-state index contributed by atoms with van der Waals surface area (Å²) in [5.41, 5.74) is 1.26. The van der Waals surface area contributed by atoms with Gasteiger partial charge < -0.3 is 10.1 Å². The average molecular weight is 211 g/mol. The number of ether oxygens (including phenoxy) is 1. The van der Waals surface area contributed by atoms with Gasteiger partial charge in [0.05, 0.1) is 6.10 Å². The largest absolute Gasteiger partial charge is 0.381 e. The molecule has 1 fully saturated rings. The topological polar surface area (TPSA) is 21.3 Å². The number of anilines is 1. The standard InChI is InChI=1S/C11H17NOS/c1-2-11-7-9(3-5-13-11)12-10-4-6-14-8-10/h4,6,8-9,11-12H,2-3,5,7H2,1H3. The van der Waals surface area contributed by atoms with Gasteiger partial charge in [0.2, 0.25) is 0 Å². The molecular weight excluding hydrogens is 194 g/mol. The Balaban J connectivity index is 1.86. The van der Waals surface area contributed by atoms with Gasteiger partial charge in [-0.05, 0) is 30.7 Å². The molecule has 2 unspecified atom stereocenters. The van der Waals surface area contributed by atoms with Crippen molar-refractivity contribution < 1.29 is 4.74 Å². The van der Waals surface area contributed by atoms with E-state index in [0.29, 0.717) is 12.1 Å². The fraction of sp³-hybridized carbons (Fsp3) is 0.636. The molecule has 1 aliphatic heterocycles. The molecule has 2 heterocycles. The minimum Gasteiger partial charge on any atom is -0.381 e. The van der Waals surface area contributed by atoms with Crippen molar-refractivity contribution in [2.75, 3.05) is 11.9 Å². The van der Waals surface area contributed by atoms with Crippen molar-refractivity contribution in [2.24, 2.45) is 0 Å². The molecule has 0 amide bonds. The van der Waals surface area contributed by atoms with Crippen molar-refractivity contribution in [2.45, 2.75) is 38.3 Å². The summed E-state index contributed by atoms with van der Waals surface area (Å²) in [6, 6.07) is 2.74. The van der Waals surface area contributed by atoms with Crippen molar-refractivity contribution >= 4 is 17.0 Å². The van der Waals surface area contributed by atoms with E-state index in [9.17, 15) is 0 Å². The second-order valence-corrected chi connectivity index (χ2v) is 4.56. The van der Waals surface area contributed by atoms with Gasteiger partial charge in [0.25, 0.3) is 0 Å². The Morgan fingerprint density at radius 3 is 3.29 bits per heavy atom. The average Bonchev–Trinajstić information content (AvgIpc) is 2.71. The number of nitrogens with one attached hydrogen (secondary N) is 1. The van der Waals surface area contributed by atoms with Crippen molar-refractivity contribution in [3.05, 3.63) is 16.8 Å². The van der Waals surface area contributed by atoms with Crippen molar-refractivity contribution in [1.82, 2.24) is 0 Å². The minimum atomic E-state index is 0.458. The lowest BCUT2D eigenvalue weighted by molar-refractivity contribution is 0.00926. The fourth-order valence-electron chi connectivity index (χ4n) is 1.88. The van der Waals surface area contributed by atoms with Crippen molar-refractivity contribution in [1.29, 1.82) is 0 Å². The molecule has 0 spiro atoms. The first-order valence-corrected chi connectivity index (χ1v) is 6.23. The van der Waals surface area contributed by atoms with Gasteiger partial charge in [-0.1, -0.05) is 6.92 Å². The highest BCUT2D eigenvalue weighted by Gasteiger charge is 2.20. The Bertz CT molecular complexity index is 260. The molecule has 0 aromatic carbocycles. The van der Waals surface area contributed by atoms with Gasteiger partial charge in [0, 0.05) is 23.7 Å². The van der Waals surface area contributed by atoms with Crippen LogP contribution in [0.4, 0.5) is 5.69 Å². The Morgan fingerprint density at radius 2 is 2.57 bits per heavy atom. The third-order valence-corrected chi connectivity index (χ3v) is 3.40. The van der Waals surface area contributed by atoms with E-state index in [1.165, 1.54) is 5.69 Å². The van der Waals surface area contributed by atoms with Crippen LogP contribution >= 0.6 is 11.3 Å². The lowest BCUT2D eigenvalue weighted by Gasteiger charge is -2.29. The summed E-state index contributed by atoms with van der Waals surface area (Å²) in [4.78, 5) is 0. The molecular formula is C11H17NOS. The molecule has 78 valence electrons. The van der Waals surface area contributed by atoms with Crippen molar-refractivity contribution in [3.8, 4) is 0 Å². The Morgan fingerprint density at radius 1 is 1.64 bits per heavy atom. The first-order chi connectivity index (χ1) is 6.88. The molecule has 1 saturated heterocycles. The van der Waals surface area contributed by atoms with Gasteiger partial charge in [0.1, 0.15) is 0 Å². The van der Waals surface area contributed by atoms with Crippen LogP contribution in [0.15, 0.2) is 16.8 Å². The molecule has 0 saturated carbocycles. The van der Waals surface area contributed by atoms with Crippen LogP contribution in [0.25, 0.3) is 0 Å². The highest BCUT2D eigenvalue weighted by molar-refractivity contribution is 7.08. The SMILES string of the molecule is CCC1CC(Nc2ccsc2)CCO1. The van der Waals surface area contributed by atoms with Crippen LogP contribution in [-0.4, -0.2) is 18.8 Å². The summed E-state index contributed by atoms with van der Waals surface area (Å²) in [6.45, 7) is 3.10. The second-order valence-electron chi connectivity index (χ2n) is 3.78. The smallest absolute Gasteiger partial charge is 0.0592 e. The summed E-state index contributed by atoms with van der Waals surface area (Å²) in [5.74, 6) is 0. The van der Waals surface area contributed by atoms with Crippen molar-refractivity contribution in [3.63, 3.8) is 0 Å². The first kappa shape index (κ1) is 9.99. The summed E-state index contributed by atoms with van der Waals surface area (Å²) < 4.78 is 5.64. The summed E-state index contributed by atoms with van der Waals surface area (Å²) >= 11 is 1.74. The van der Waals surface area contributed by atoms with E-state index in [1.54, 1.807) is 11.3 Å². The third-order valence-electron chi connectivity index (χ3n) is 2.71. The van der Waals surface area contributed by atoms with E-state index in [4.69, 9.17) is 4.74 Å². The maximum atomic E-state index is 5.64. The van der Waals surface area contributed by atoms with E-state index in [0.717, 1.165) is 25.9 Å². The van der Waals surface area contributed by atoms with Crippen LogP contribution < -0.4 is 5.32 Å². The third kappa shape index (κ3) is 2.49. The zero-order valence-electron chi connectivity index (χ0n) is 8.53. The molecule has 0 radical (unpaired) electrons. The minimum absolute atomic E-state index is 0.458. The monoisotopic (exact) mass is 211 g/mol. The molecule has 0 bridgehead atoms. The lowest BCUT2D eigenvalue weighted by atomic mass is 10.0. The van der Waals surface area contributed by atoms with Crippen LogP contribution in [0.3, 0.4) is 0 Å².